The Morgan fingerprint density at radius 3 is 2.60 bits per heavy atom. The Hall–Kier alpha value is -2.50. The van der Waals surface area contributed by atoms with Gasteiger partial charge in [0.05, 0.1) is 0 Å². The number of aromatic nitrogens is 1. The molecule has 0 unspecified atom stereocenters. The molecule has 106 valence electrons. The molecule has 0 saturated carbocycles. The lowest BCUT2D eigenvalue weighted by atomic mass is 10.1. The van der Waals surface area contributed by atoms with Gasteiger partial charge in [0, 0.05) is 30.2 Å². The van der Waals surface area contributed by atoms with Crippen LogP contribution in [-0.2, 0) is 13.5 Å². The smallest absolute Gasteiger partial charge is 0.218 e. The molecule has 6 nitrogen and oxygen atoms in total. The molecule has 1 aromatic heterocycles. The largest absolute Gasteiger partial charge is 0.370 e. The molecule has 0 spiro atoms. The van der Waals surface area contributed by atoms with Crippen molar-refractivity contribution in [2.24, 2.45) is 34.2 Å². The number of hydrogen-bond acceptors (Lipinski definition) is 1. The van der Waals surface area contributed by atoms with Gasteiger partial charge in [-0.3, -0.25) is 4.99 Å². The molecule has 0 fully saturated rings. The number of guanidine groups is 2. The predicted molar refractivity (Wildman–Crippen MR) is 83.7 cm³/mol. The van der Waals surface area contributed by atoms with Crippen LogP contribution < -0.4 is 17.2 Å². The number of hydrogen-bond donors (Lipinski definition) is 3. The summed E-state index contributed by atoms with van der Waals surface area (Å²) in [6.45, 7) is 2.66. The molecule has 0 aliphatic heterocycles. The third-order valence-corrected chi connectivity index (χ3v) is 3.41. The summed E-state index contributed by atoms with van der Waals surface area (Å²) in [5, 5.41) is 1.25. The van der Waals surface area contributed by atoms with Crippen LogP contribution in [0.1, 0.15) is 11.3 Å². The molecule has 20 heavy (non-hydrogen) atoms. The van der Waals surface area contributed by atoms with Crippen molar-refractivity contribution in [1.29, 1.82) is 0 Å². The van der Waals surface area contributed by atoms with Crippen LogP contribution in [0.25, 0.3) is 10.9 Å². The lowest BCUT2D eigenvalue weighted by Crippen LogP contribution is -2.26. The van der Waals surface area contributed by atoms with E-state index in [1.807, 2.05) is 12.1 Å². The minimum Gasteiger partial charge on any atom is -0.370 e. The van der Waals surface area contributed by atoms with Crippen molar-refractivity contribution in [3.05, 3.63) is 35.5 Å². The van der Waals surface area contributed by atoms with Crippen molar-refractivity contribution in [1.82, 2.24) is 4.57 Å². The number of nitrogens with zero attached hydrogens (tertiary/aromatic N) is 3. The number of rotatable bonds is 3. The van der Waals surface area contributed by atoms with E-state index in [1.165, 1.54) is 22.2 Å². The minimum atomic E-state index is -0.0763. The Morgan fingerprint density at radius 2 is 1.90 bits per heavy atom. The van der Waals surface area contributed by atoms with Crippen molar-refractivity contribution >= 4 is 22.8 Å². The van der Waals surface area contributed by atoms with Crippen LogP contribution >= 0.6 is 0 Å². The van der Waals surface area contributed by atoms with Crippen molar-refractivity contribution in [2.45, 2.75) is 13.3 Å². The molecule has 0 bridgehead atoms. The van der Waals surface area contributed by atoms with E-state index in [1.54, 1.807) is 0 Å². The van der Waals surface area contributed by atoms with Crippen molar-refractivity contribution in [3.63, 3.8) is 0 Å². The van der Waals surface area contributed by atoms with Gasteiger partial charge in [-0.05, 0) is 25.0 Å². The molecule has 1 aromatic carbocycles. The molecule has 6 heteroatoms. The summed E-state index contributed by atoms with van der Waals surface area (Å²) >= 11 is 0. The van der Waals surface area contributed by atoms with Gasteiger partial charge < -0.3 is 21.8 Å². The molecule has 0 aliphatic carbocycles. The zero-order valence-corrected chi connectivity index (χ0v) is 11.8. The SMILES string of the molecule is Cc1c(CCN=C(N)N=C(N)N)c2ccccc2n1C. The molecule has 0 radical (unpaired) electrons. The first-order valence-corrected chi connectivity index (χ1v) is 6.43. The van der Waals surface area contributed by atoms with Gasteiger partial charge in [-0.2, -0.15) is 4.99 Å². The fraction of sp³-hybridized carbons (Fsp3) is 0.286. The topological polar surface area (TPSA) is 108 Å². The van der Waals surface area contributed by atoms with E-state index in [0.29, 0.717) is 6.54 Å². The monoisotopic (exact) mass is 272 g/mol. The van der Waals surface area contributed by atoms with Crippen LogP contribution in [0, 0.1) is 6.92 Å². The highest BCUT2D eigenvalue weighted by Crippen LogP contribution is 2.24. The highest BCUT2D eigenvalue weighted by molar-refractivity contribution is 5.92. The Morgan fingerprint density at radius 1 is 1.20 bits per heavy atom. The van der Waals surface area contributed by atoms with Gasteiger partial charge in [-0.15, -0.1) is 0 Å². The molecule has 0 saturated heterocycles. The fourth-order valence-corrected chi connectivity index (χ4v) is 2.36. The van der Waals surface area contributed by atoms with E-state index in [0.717, 1.165) is 6.42 Å². The third kappa shape index (κ3) is 2.74. The average molecular weight is 272 g/mol. The number of aryl methyl sites for hydroxylation is 1. The van der Waals surface area contributed by atoms with Crippen molar-refractivity contribution in [2.75, 3.05) is 6.54 Å². The molecule has 2 aromatic rings. The third-order valence-electron chi connectivity index (χ3n) is 3.41. The maximum Gasteiger partial charge on any atom is 0.218 e. The first kappa shape index (κ1) is 13.9. The van der Waals surface area contributed by atoms with Crippen LogP contribution in [-0.4, -0.2) is 23.0 Å². The quantitative estimate of drug-likeness (QED) is 0.563. The van der Waals surface area contributed by atoms with E-state index in [9.17, 15) is 0 Å². The predicted octanol–water partition coefficient (Wildman–Crippen LogP) is 0.617. The molecule has 0 amide bonds. The Balaban J connectivity index is 2.23. The van der Waals surface area contributed by atoms with Gasteiger partial charge >= 0.3 is 0 Å². The molecule has 1 heterocycles. The van der Waals surface area contributed by atoms with Gasteiger partial charge in [-0.1, -0.05) is 18.2 Å². The highest BCUT2D eigenvalue weighted by Gasteiger charge is 2.10. The van der Waals surface area contributed by atoms with Crippen molar-refractivity contribution in [3.8, 4) is 0 Å². The first-order chi connectivity index (χ1) is 9.50. The number of nitrogens with two attached hydrogens (primary N) is 3. The van der Waals surface area contributed by atoms with E-state index in [-0.39, 0.29) is 11.9 Å². The maximum atomic E-state index is 5.59. The normalized spacial score (nSPS) is 11.8. The van der Waals surface area contributed by atoms with Crippen molar-refractivity contribution < 1.29 is 0 Å². The van der Waals surface area contributed by atoms with Crippen LogP contribution in [0.2, 0.25) is 0 Å². The summed E-state index contributed by atoms with van der Waals surface area (Å²) in [4.78, 5) is 7.85. The second kappa shape index (κ2) is 5.64. The average Bonchev–Trinajstić information content (AvgIpc) is 2.63. The van der Waals surface area contributed by atoms with Gasteiger partial charge in [0.25, 0.3) is 0 Å². The summed E-state index contributed by atoms with van der Waals surface area (Å²) in [5.41, 5.74) is 19.8. The second-order valence-corrected chi connectivity index (χ2v) is 4.67. The minimum absolute atomic E-state index is 0.0763. The zero-order chi connectivity index (χ0) is 14.7. The van der Waals surface area contributed by atoms with Crippen LogP contribution in [0.4, 0.5) is 0 Å². The fourth-order valence-electron chi connectivity index (χ4n) is 2.36. The van der Waals surface area contributed by atoms with E-state index in [4.69, 9.17) is 17.2 Å². The number of para-hydroxylation sites is 1. The lowest BCUT2D eigenvalue weighted by Gasteiger charge is -2.01. The first-order valence-electron chi connectivity index (χ1n) is 6.43. The molecule has 6 N–H and O–H groups in total. The number of aliphatic imine (C=N–C) groups is 2. The molecule has 2 rings (SSSR count). The lowest BCUT2D eigenvalue weighted by molar-refractivity contribution is 0.881. The number of fused-ring (bicyclic) bond motifs is 1. The summed E-state index contributed by atoms with van der Waals surface area (Å²) in [6.07, 6.45) is 0.799. The van der Waals surface area contributed by atoms with Crippen LogP contribution in [0.5, 0.6) is 0 Å². The van der Waals surface area contributed by atoms with E-state index < -0.39 is 0 Å². The van der Waals surface area contributed by atoms with E-state index in [2.05, 4.69) is 40.7 Å². The van der Waals surface area contributed by atoms with Gasteiger partial charge in [0.1, 0.15) is 0 Å². The Bertz CT molecular complexity index is 676. The standard InChI is InChI=1S/C14H20N6/c1-9-10(7-8-18-14(17)19-13(15)16)11-5-3-4-6-12(11)20(9)2/h3-6H,7-8H2,1-2H3,(H6,15,16,17,18,19). The van der Waals surface area contributed by atoms with Gasteiger partial charge in [0.15, 0.2) is 5.96 Å². The highest BCUT2D eigenvalue weighted by atomic mass is 15.1. The zero-order valence-electron chi connectivity index (χ0n) is 11.8. The summed E-state index contributed by atoms with van der Waals surface area (Å²) in [6, 6.07) is 8.33. The molecular formula is C14H20N6. The van der Waals surface area contributed by atoms with E-state index >= 15 is 0 Å². The molecule has 0 atom stereocenters. The maximum absolute atomic E-state index is 5.59. The van der Waals surface area contributed by atoms with Crippen LogP contribution in [0.3, 0.4) is 0 Å². The van der Waals surface area contributed by atoms with Crippen LogP contribution in [0.15, 0.2) is 34.3 Å². The van der Waals surface area contributed by atoms with Gasteiger partial charge in [0.2, 0.25) is 5.96 Å². The molecular weight excluding hydrogens is 252 g/mol. The molecule has 0 aliphatic rings. The summed E-state index contributed by atoms with van der Waals surface area (Å²) in [5.74, 6) is 0.0375. The van der Waals surface area contributed by atoms with Gasteiger partial charge in [-0.25, -0.2) is 0 Å². The summed E-state index contributed by atoms with van der Waals surface area (Å²) < 4.78 is 2.19. The Kier molecular flexibility index (Phi) is 3.93. The summed E-state index contributed by atoms with van der Waals surface area (Å²) in [7, 11) is 2.07. The Labute approximate surface area is 118 Å². The number of benzene rings is 1. The second-order valence-electron chi connectivity index (χ2n) is 4.67.